The van der Waals surface area contributed by atoms with Gasteiger partial charge in [-0.25, -0.2) is 4.98 Å². The Hall–Kier alpha value is -3.01. The maximum Gasteiger partial charge on any atom is 0.326 e. The molecule has 0 radical (unpaired) electrons. The van der Waals surface area contributed by atoms with Gasteiger partial charge < -0.3 is 23.7 Å². The number of imidazole rings is 1. The van der Waals surface area contributed by atoms with Crippen LogP contribution in [0.15, 0.2) is 35.3 Å². The molecule has 2 aromatic heterocycles. The van der Waals surface area contributed by atoms with Crippen LogP contribution in [0.5, 0.6) is 0 Å². The van der Waals surface area contributed by atoms with E-state index in [2.05, 4.69) is 9.88 Å². The first-order valence-electron chi connectivity index (χ1n) is 13.0. The molecule has 2 N–H and O–H groups in total. The summed E-state index contributed by atoms with van der Waals surface area (Å²) in [4.78, 5) is 29.7. The minimum absolute atomic E-state index is 0.0240. The Bertz CT molecular complexity index is 1280. The molecule has 0 amide bonds. The second kappa shape index (κ2) is 11.6. The second-order valence-corrected chi connectivity index (χ2v) is 10.4. The van der Waals surface area contributed by atoms with Crippen molar-refractivity contribution >= 4 is 17.0 Å². The van der Waals surface area contributed by atoms with Gasteiger partial charge in [-0.1, -0.05) is 6.07 Å². The first-order valence-corrected chi connectivity index (χ1v) is 13.0. The van der Waals surface area contributed by atoms with Gasteiger partial charge in [0.05, 0.1) is 29.8 Å². The number of esters is 1. The lowest BCUT2D eigenvalue weighted by Gasteiger charge is -2.23. The molecule has 3 atom stereocenters. The van der Waals surface area contributed by atoms with Crippen molar-refractivity contribution in [1.29, 1.82) is 0 Å². The van der Waals surface area contributed by atoms with E-state index < -0.39 is 18.1 Å². The normalized spacial score (nSPS) is 17.8. The third kappa shape index (κ3) is 6.29. The SMILES string of the molecule is Cc1cc(-c2nc3cc(CN[C@@H](C(=O)OC(C)C)[C@H](C)O)ccc3n2CC2CCCOC2)cn(C)c1=O. The molecule has 1 fully saturated rings. The van der Waals surface area contributed by atoms with E-state index >= 15 is 0 Å². The molecule has 200 valence electrons. The van der Waals surface area contributed by atoms with Gasteiger partial charge in [-0.2, -0.15) is 0 Å². The maximum atomic E-state index is 12.4. The van der Waals surface area contributed by atoms with E-state index in [4.69, 9.17) is 14.5 Å². The van der Waals surface area contributed by atoms with E-state index in [0.29, 0.717) is 18.0 Å². The van der Waals surface area contributed by atoms with E-state index in [9.17, 15) is 14.7 Å². The van der Waals surface area contributed by atoms with Gasteiger partial charge in [0.1, 0.15) is 11.9 Å². The number of pyridine rings is 1. The standard InChI is InChI=1S/C28H38N4O5/c1-17(2)37-28(35)25(19(4)33)29-13-20-8-9-24-23(12-20)30-26(22-11-18(3)27(34)31(5)15-22)32(24)14-21-7-6-10-36-16-21/h8-9,11-12,15,17,19,21,25,29,33H,6-7,10,13-14,16H2,1-5H3/t19-,21?,25+/m0/s1. The van der Waals surface area contributed by atoms with Crippen LogP contribution < -0.4 is 10.9 Å². The Morgan fingerprint density at radius 1 is 1.30 bits per heavy atom. The summed E-state index contributed by atoms with van der Waals surface area (Å²) in [6.07, 6.45) is 2.82. The lowest BCUT2D eigenvalue weighted by atomic mass is 10.0. The van der Waals surface area contributed by atoms with Crippen molar-refractivity contribution < 1.29 is 19.4 Å². The summed E-state index contributed by atoms with van der Waals surface area (Å²) in [5, 5.41) is 13.2. The molecule has 1 aliphatic heterocycles. The predicted molar refractivity (Wildman–Crippen MR) is 142 cm³/mol. The van der Waals surface area contributed by atoms with Crippen LogP contribution in [0.25, 0.3) is 22.4 Å². The predicted octanol–water partition coefficient (Wildman–Crippen LogP) is 2.93. The van der Waals surface area contributed by atoms with Crippen LogP contribution in [-0.4, -0.2) is 56.7 Å². The number of rotatable bonds is 9. The summed E-state index contributed by atoms with van der Waals surface area (Å²) in [6.45, 7) is 9.63. The number of aliphatic hydroxyl groups excluding tert-OH is 1. The molecule has 4 rings (SSSR count). The topological polar surface area (TPSA) is 108 Å². The lowest BCUT2D eigenvalue weighted by Crippen LogP contribution is -2.46. The largest absolute Gasteiger partial charge is 0.462 e. The van der Waals surface area contributed by atoms with Crippen molar-refractivity contribution in [3.8, 4) is 11.4 Å². The van der Waals surface area contributed by atoms with E-state index in [1.54, 1.807) is 32.4 Å². The molecule has 0 spiro atoms. The Labute approximate surface area is 217 Å². The maximum absolute atomic E-state index is 12.4. The van der Waals surface area contributed by atoms with E-state index in [1.165, 1.54) is 0 Å². The van der Waals surface area contributed by atoms with Gasteiger partial charge in [0, 0.05) is 50.0 Å². The highest BCUT2D eigenvalue weighted by Gasteiger charge is 2.26. The number of fused-ring (bicyclic) bond motifs is 1. The molecule has 1 unspecified atom stereocenters. The van der Waals surface area contributed by atoms with Crippen LogP contribution >= 0.6 is 0 Å². The summed E-state index contributed by atoms with van der Waals surface area (Å²) in [5.41, 5.74) is 4.30. The number of aromatic nitrogens is 3. The molecule has 0 saturated carbocycles. The highest BCUT2D eigenvalue weighted by Crippen LogP contribution is 2.28. The number of ether oxygens (including phenoxy) is 2. The fraction of sp³-hybridized carbons (Fsp3) is 0.536. The van der Waals surface area contributed by atoms with E-state index in [1.807, 2.05) is 37.4 Å². The molecule has 3 heterocycles. The molecule has 0 bridgehead atoms. The number of hydrogen-bond donors (Lipinski definition) is 2. The van der Waals surface area contributed by atoms with Crippen LogP contribution in [0.1, 0.15) is 44.7 Å². The van der Waals surface area contributed by atoms with Crippen molar-refractivity contribution in [3.05, 3.63) is 51.9 Å². The number of aliphatic hydroxyl groups is 1. The fourth-order valence-corrected chi connectivity index (χ4v) is 4.88. The molecule has 1 aliphatic rings. The zero-order chi connectivity index (χ0) is 26.7. The van der Waals surface area contributed by atoms with Crippen LogP contribution in [0.3, 0.4) is 0 Å². The number of benzene rings is 1. The number of aryl methyl sites for hydroxylation is 2. The van der Waals surface area contributed by atoms with E-state index in [0.717, 1.165) is 60.6 Å². The van der Waals surface area contributed by atoms with E-state index in [-0.39, 0.29) is 11.7 Å². The average molecular weight is 511 g/mol. The van der Waals surface area contributed by atoms with Crippen LogP contribution in [0.2, 0.25) is 0 Å². The molecule has 9 nitrogen and oxygen atoms in total. The highest BCUT2D eigenvalue weighted by molar-refractivity contribution is 5.81. The van der Waals surface area contributed by atoms with Crippen molar-refractivity contribution in [2.75, 3.05) is 13.2 Å². The van der Waals surface area contributed by atoms with Crippen molar-refractivity contribution in [2.24, 2.45) is 13.0 Å². The zero-order valence-electron chi connectivity index (χ0n) is 22.4. The Morgan fingerprint density at radius 2 is 2.08 bits per heavy atom. The van der Waals surface area contributed by atoms with Gasteiger partial charge in [0.15, 0.2) is 0 Å². The van der Waals surface area contributed by atoms with Gasteiger partial charge in [-0.15, -0.1) is 0 Å². The van der Waals surface area contributed by atoms with Crippen molar-refractivity contribution in [2.45, 2.75) is 71.9 Å². The van der Waals surface area contributed by atoms with Gasteiger partial charge >= 0.3 is 5.97 Å². The minimum atomic E-state index is -0.897. The summed E-state index contributed by atoms with van der Waals surface area (Å²) in [6, 6.07) is 7.12. The number of nitrogens with zero attached hydrogens (tertiary/aromatic N) is 3. The number of carbonyl (C=O) groups is 1. The molecule has 0 aliphatic carbocycles. The van der Waals surface area contributed by atoms with Crippen molar-refractivity contribution in [3.63, 3.8) is 0 Å². The summed E-state index contributed by atoms with van der Waals surface area (Å²) in [5.74, 6) is 0.725. The minimum Gasteiger partial charge on any atom is -0.462 e. The Morgan fingerprint density at radius 3 is 2.73 bits per heavy atom. The highest BCUT2D eigenvalue weighted by atomic mass is 16.5. The monoisotopic (exact) mass is 510 g/mol. The summed E-state index contributed by atoms with van der Waals surface area (Å²) < 4.78 is 14.8. The third-order valence-corrected chi connectivity index (χ3v) is 6.74. The second-order valence-electron chi connectivity index (χ2n) is 10.4. The quantitative estimate of drug-likeness (QED) is 0.426. The number of carbonyl (C=O) groups excluding carboxylic acids is 1. The van der Waals surface area contributed by atoms with Gasteiger partial charge in [0.25, 0.3) is 5.56 Å². The molecular formula is C28H38N4O5. The zero-order valence-corrected chi connectivity index (χ0v) is 22.4. The van der Waals surface area contributed by atoms with Gasteiger partial charge in [-0.05, 0) is 64.3 Å². The molecule has 1 aromatic carbocycles. The van der Waals surface area contributed by atoms with Crippen LogP contribution in [-0.2, 0) is 34.4 Å². The molecule has 3 aromatic rings. The number of hydrogen-bond acceptors (Lipinski definition) is 7. The van der Waals surface area contributed by atoms with Crippen LogP contribution in [0.4, 0.5) is 0 Å². The van der Waals surface area contributed by atoms with Crippen molar-refractivity contribution in [1.82, 2.24) is 19.4 Å². The smallest absolute Gasteiger partial charge is 0.326 e. The summed E-state index contributed by atoms with van der Waals surface area (Å²) in [7, 11) is 1.76. The van der Waals surface area contributed by atoms with Crippen LogP contribution in [0, 0.1) is 12.8 Å². The first kappa shape index (κ1) is 27.0. The fourth-order valence-electron chi connectivity index (χ4n) is 4.88. The Kier molecular flexibility index (Phi) is 8.46. The third-order valence-electron chi connectivity index (χ3n) is 6.74. The Balaban J connectivity index is 1.67. The molecule has 1 saturated heterocycles. The first-order chi connectivity index (χ1) is 17.6. The average Bonchev–Trinajstić information content (AvgIpc) is 3.19. The van der Waals surface area contributed by atoms with Gasteiger partial charge in [-0.3, -0.25) is 14.9 Å². The number of nitrogens with one attached hydrogen (secondary N) is 1. The molecule has 9 heteroatoms. The molecular weight excluding hydrogens is 472 g/mol. The summed E-state index contributed by atoms with van der Waals surface area (Å²) >= 11 is 0. The molecule has 37 heavy (non-hydrogen) atoms. The van der Waals surface area contributed by atoms with Gasteiger partial charge in [0.2, 0.25) is 0 Å². The lowest BCUT2D eigenvalue weighted by molar-refractivity contribution is -0.152.